The maximum atomic E-state index is 12.9. The fourth-order valence-electron chi connectivity index (χ4n) is 1.39. The molecule has 0 radical (unpaired) electrons. The van der Waals surface area contributed by atoms with Gasteiger partial charge in [0.15, 0.2) is 0 Å². The average Bonchev–Trinajstić information content (AvgIpc) is 2.65. The van der Waals surface area contributed by atoms with Gasteiger partial charge in [-0.25, -0.2) is 9.37 Å². The lowest BCUT2D eigenvalue weighted by molar-refractivity contribution is -0.136. The van der Waals surface area contributed by atoms with Crippen LogP contribution in [0.2, 0.25) is 0 Å². The average molecular weight is 220 g/mol. The first-order valence-electron chi connectivity index (χ1n) is 4.67. The maximum Gasteiger partial charge on any atom is 0.309 e. The van der Waals surface area contributed by atoms with E-state index in [-0.39, 0.29) is 12.2 Å². The molecule has 0 fully saturated rings. The highest BCUT2D eigenvalue weighted by atomic mass is 19.1. The maximum absolute atomic E-state index is 12.9. The molecule has 0 amide bonds. The van der Waals surface area contributed by atoms with Crippen LogP contribution in [0.3, 0.4) is 0 Å². The van der Waals surface area contributed by atoms with Crippen LogP contribution >= 0.6 is 0 Å². The van der Waals surface area contributed by atoms with Crippen molar-refractivity contribution < 1.29 is 14.3 Å². The van der Waals surface area contributed by atoms with Gasteiger partial charge in [-0.05, 0) is 12.1 Å². The van der Waals surface area contributed by atoms with Gasteiger partial charge in [0.05, 0.1) is 6.42 Å². The zero-order chi connectivity index (χ0) is 11.5. The lowest BCUT2D eigenvalue weighted by Gasteiger charge is -1.96. The van der Waals surface area contributed by atoms with E-state index in [4.69, 9.17) is 5.11 Å². The van der Waals surface area contributed by atoms with Crippen LogP contribution < -0.4 is 0 Å². The minimum Gasteiger partial charge on any atom is -0.481 e. The summed E-state index contributed by atoms with van der Waals surface area (Å²) in [6.07, 6.45) is 1.32. The van der Waals surface area contributed by atoms with Crippen molar-refractivity contribution in [2.45, 2.75) is 6.42 Å². The van der Waals surface area contributed by atoms with E-state index >= 15 is 0 Å². The number of H-pyrrole nitrogens is 1. The smallest absolute Gasteiger partial charge is 0.309 e. The lowest BCUT2D eigenvalue weighted by Crippen LogP contribution is -1.99. The van der Waals surface area contributed by atoms with E-state index < -0.39 is 5.97 Å². The standard InChI is InChI=1S/C11H9FN2O2/c12-8-3-1-2-7(4-8)11-13-6-9(14-11)5-10(15)16/h1-4,6H,5H2,(H,13,14)(H,15,16). The highest BCUT2D eigenvalue weighted by molar-refractivity contribution is 5.69. The number of carboxylic acids is 1. The van der Waals surface area contributed by atoms with Gasteiger partial charge in [0.2, 0.25) is 0 Å². The van der Waals surface area contributed by atoms with Crippen LogP contribution in [0.5, 0.6) is 0 Å². The molecule has 16 heavy (non-hydrogen) atoms. The first-order valence-corrected chi connectivity index (χ1v) is 4.67. The Morgan fingerprint density at radius 1 is 1.50 bits per heavy atom. The quantitative estimate of drug-likeness (QED) is 0.829. The van der Waals surface area contributed by atoms with Crippen molar-refractivity contribution >= 4 is 5.97 Å². The summed E-state index contributed by atoms with van der Waals surface area (Å²) in [4.78, 5) is 17.3. The summed E-state index contributed by atoms with van der Waals surface area (Å²) in [5, 5.41) is 8.58. The molecule has 5 heteroatoms. The van der Waals surface area contributed by atoms with Gasteiger partial charge in [-0.15, -0.1) is 0 Å². The van der Waals surface area contributed by atoms with Gasteiger partial charge in [0, 0.05) is 17.5 Å². The predicted molar refractivity (Wildman–Crippen MR) is 55.3 cm³/mol. The molecule has 0 aliphatic heterocycles. The molecule has 0 aliphatic rings. The number of aromatic nitrogens is 2. The molecule has 0 saturated heterocycles. The molecule has 0 saturated carbocycles. The number of benzene rings is 1. The fourth-order valence-corrected chi connectivity index (χ4v) is 1.39. The minimum absolute atomic E-state index is 0.123. The van der Waals surface area contributed by atoms with E-state index in [9.17, 15) is 9.18 Å². The molecule has 0 aliphatic carbocycles. The summed E-state index contributed by atoms with van der Waals surface area (Å²) in [7, 11) is 0. The first-order chi connectivity index (χ1) is 7.65. The SMILES string of the molecule is O=C(O)Cc1cnc(-c2cccc(F)c2)[nH]1. The monoisotopic (exact) mass is 220 g/mol. The first kappa shape index (κ1) is 10.4. The van der Waals surface area contributed by atoms with Crippen molar-refractivity contribution in [3.8, 4) is 11.4 Å². The zero-order valence-electron chi connectivity index (χ0n) is 8.27. The van der Waals surface area contributed by atoms with Gasteiger partial charge in [0.25, 0.3) is 0 Å². The number of carbonyl (C=O) groups is 1. The van der Waals surface area contributed by atoms with Gasteiger partial charge in [-0.1, -0.05) is 12.1 Å². The van der Waals surface area contributed by atoms with Crippen LogP contribution in [0.25, 0.3) is 11.4 Å². The van der Waals surface area contributed by atoms with Crippen LogP contribution in [0.1, 0.15) is 5.69 Å². The Morgan fingerprint density at radius 3 is 3.00 bits per heavy atom. The van der Waals surface area contributed by atoms with Gasteiger partial charge in [-0.3, -0.25) is 4.79 Å². The second-order valence-corrected chi connectivity index (χ2v) is 3.34. The third-order valence-electron chi connectivity index (χ3n) is 2.07. The molecule has 2 rings (SSSR count). The van der Waals surface area contributed by atoms with E-state index in [0.717, 1.165) is 0 Å². The van der Waals surface area contributed by atoms with Crippen molar-refractivity contribution in [1.82, 2.24) is 9.97 Å². The molecular formula is C11H9FN2O2. The third kappa shape index (κ3) is 2.25. The summed E-state index contributed by atoms with van der Waals surface area (Å²) < 4.78 is 12.9. The molecule has 2 aromatic rings. The number of aromatic amines is 1. The summed E-state index contributed by atoms with van der Waals surface area (Å²) in [6.45, 7) is 0. The molecule has 0 bridgehead atoms. The van der Waals surface area contributed by atoms with Crippen LogP contribution in [0, 0.1) is 5.82 Å². The van der Waals surface area contributed by atoms with Crippen LogP contribution in [0.15, 0.2) is 30.5 Å². The van der Waals surface area contributed by atoms with Crippen molar-refractivity contribution in [3.05, 3.63) is 42.0 Å². The van der Waals surface area contributed by atoms with E-state index in [1.807, 2.05) is 0 Å². The second-order valence-electron chi connectivity index (χ2n) is 3.34. The number of carboxylic acid groups (broad SMARTS) is 1. The molecule has 0 spiro atoms. The summed E-state index contributed by atoms with van der Waals surface area (Å²) in [6, 6.07) is 5.95. The van der Waals surface area contributed by atoms with E-state index in [1.165, 1.54) is 18.3 Å². The van der Waals surface area contributed by atoms with Crippen molar-refractivity contribution in [1.29, 1.82) is 0 Å². The number of imidazole rings is 1. The van der Waals surface area contributed by atoms with Crippen LogP contribution in [-0.2, 0) is 11.2 Å². The molecule has 0 unspecified atom stereocenters. The number of hydrogen-bond acceptors (Lipinski definition) is 2. The van der Waals surface area contributed by atoms with Crippen LogP contribution in [-0.4, -0.2) is 21.0 Å². The van der Waals surface area contributed by atoms with Gasteiger partial charge < -0.3 is 10.1 Å². The molecule has 1 aromatic heterocycles. The minimum atomic E-state index is -0.936. The van der Waals surface area contributed by atoms with Gasteiger partial charge in [0.1, 0.15) is 11.6 Å². The van der Waals surface area contributed by atoms with E-state index in [0.29, 0.717) is 17.1 Å². The molecule has 1 aromatic carbocycles. The molecule has 2 N–H and O–H groups in total. The van der Waals surface area contributed by atoms with Crippen LogP contribution in [0.4, 0.5) is 4.39 Å². The summed E-state index contributed by atoms with van der Waals surface area (Å²) in [5.41, 5.74) is 1.09. The lowest BCUT2D eigenvalue weighted by atomic mass is 10.2. The Kier molecular flexibility index (Phi) is 2.68. The van der Waals surface area contributed by atoms with Crippen molar-refractivity contribution in [2.75, 3.05) is 0 Å². The van der Waals surface area contributed by atoms with Crippen molar-refractivity contribution in [3.63, 3.8) is 0 Å². The number of aliphatic carboxylic acids is 1. The van der Waals surface area contributed by atoms with Crippen molar-refractivity contribution in [2.24, 2.45) is 0 Å². The predicted octanol–water partition coefficient (Wildman–Crippen LogP) is 1.84. The Labute approximate surface area is 90.8 Å². The molecule has 1 heterocycles. The zero-order valence-corrected chi connectivity index (χ0v) is 8.27. The Balaban J connectivity index is 2.28. The number of halogens is 1. The highest BCUT2D eigenvalue weighted by Gasteiger charge is 2.06. The molecule has 0 atom stereocenters. The number of nitrogens with one attached hydrogen (secondary N) is 1. The number of hydrogen-bond donors (Lipinski definition) is 2. The molecular weight excluding hydrogens is 211 g/mol. The Morgan fingerprint density at radius 2 is 2.31 bits per heavy atom. The molecule has 4 nitrogen and oxygen atoms in total. The normalized spacial score (nSPS) is 10.3. The fraction of sp³-hybridized carbons (Fsp3) is 0.0909. The Bertz CT molecular complexity index is 522. The van der Waals surface area contributed by atoms with E-state index in [2.05, 4.69) is 9.97 Å². The van der Waals surface area contributed by atoms with E-state index in [1.54, 1.807) is 12.1 Å². The summed E-state index contributed by atoms with van der Waals surface area (Å²) >= 11 is 0. The summed E-state index contributed by atoms with van der Waals surface area (Å²) in [5.74, 6) is -0.820. The topological polar surface area (TPSA) is 66.0 Å². The van der Waals surface area contributed by atoms with Gasteiger partial charge >= 0.3 is 5.97 Å². The number of nitrogens with zero attached hydrogens (tertiary/aromatic N) is 1. The Hall–Kier alpha value is -2.17. The second kappa shape index (κ2) is 4.14. The largest absolute Gasteiger partial charge is 0.481 e. The molecule has 82 valence electrons. The van der Waals surface area contributed by atoms with Gasteiger partial charge in [-0.2, -0.15) is 0 Å². The third-order valence-corrected chi connectivity index (χ3v) is 2.07. The highest BCUT2D eigenvalue weighted by Crippen LogP contribution is 2.16. The number of rotatable bonds is 3.